The lowest BCUT2D eigenvalue weighted by molar-refractivity contribution is 0.300. The Hall–Kier alpha value is -0.780. The van der Waals surface area contributed by atoms with Crippen molar-refractivity contribution in [3.8, 4) is 10.8 Å². The van der Waals surface area contributed by atoms with E-state index in [2.05, 4.69) is 4.98 Å². The first-order valence-electron chi connectivity index (χ1n) is 5.00. The minimum Gasteiger partial charge on any atom is -0.462 e. The molecule has 1 unspecified atom stereocenters. The minimum atomic E-state index is 0.208. The van der Waals surface area contributed by atoms with Crippen LogP contribution in [0.5, 0.6) is 0 Å². The third kappa shape index (κ3) is 2.87. The van der Waals surface area contributed by atoms with Crippen LogP contribution in [0.2, 0.25) is 0 Å². The maximum atomic E-state index is 8.91. The summed E-state index contributed by atoms with van der Waals surface area (Å²) in [7, 11) is 0. The quantitative estimate of drug-likeness (QED) is 0.892. The Morgan fingerprint density at radius 2 is 2.50 bits per heavy atom. The summed E-state index contributed by atoms with van der Waals surface area (Å²) in [6.07, 6.45) is 1.65. The number of hydrogen-bond donors (Lipinski definition) is 1. The van der Waals surface area contributed by atoms with Gasteiger partial charge in [-0.15, -0.1) is 11.3 Å². The largest absolute Gasteiger partial charge is 0.462 e. The van der Waals surface area contributed by atoms with Crippen molar-refractivity contribution in [2.75, 3.05) is 6.61 Å². The van der Waals surface area contributed by atoms with Crippen LogP contribution in [0.25, 0.3) is 10.8 Å². The number of hydrogen-bond acceptors (Lipinski definition) is 5. The summed E-state index contributed by atoms with van der Waals surface area (Å²) in [6.45, 7) is 2.21. The van der Waals surface area contributed by atoms with Crippen molar-refractivity contribution >= 4 is 23.1 Å². The maximum Gasteiger partial charge on any atom is 0.162 e. The van der Waals surface area contributed by atoms with E-state index >= 15 is 0 Å². The molecular weight excluding hydrogens is 242 g/mol. The number of thiazole rings is 1. The molecule has 0 aromatic carbocycles. The van der Waals surface area contributed by atoms with E-state index in [-0.39, 0.29) is 11.9 Å². The molecule has 0 aliphatic rings. The molecule has 0 fully saturated rings. The fourth-order valence-electron chi connectivity index (χ4n) is 1.17. The molecule has 1 atom stereocenters. The molecule has 3 nitrogen and oxygen atoms in total. The standard InChI is InChI=1S/C11H13NO2S2/c1-8(5-13)15-6-9-7-16-11(12-9)10-3-2-4-14-10/h2-4,7-8,13H,5-6H2,1H3. The van der Waals surface area contributed by atoms with Gasteiger partial charge in [0.05, 0.1) is 18.6 Å². The Morgan fingerprint density at radius 1 is 1.62 bits per heavy atom. The smallest absolute Gasteiger partial charge is 0.162 e. The monoisotopic (exact) mass is 255 g/mol. The molecule has 0 aliphatic carbocycles. The number of rotatable bonds is 5. The molecule has 0 saturated heterocycles. The Morgan fingerprint density at radius 3 is 3.19 bits per heavy atom. The van der Waals surface area contributed by atoms with Gasteiger partial charge in [-0.3, -0.25) is 0 Å². The summed E-state index contributed by atoms with van der Waals surface area (Å²) in [5, 5.41) is 12.1. The predicted octanol–water partition coefficient (Wildman–Crippen LogP) is 3.02. The molecule has 2 aromatic rings. The SMILES string of the molecule is CC(CO)SCc1csc(-c2ccco2)n1. The summed E-state index contributed by atoms with van der Waals surface area (Å²) in [5.41, 5.74) is 1.04. The Balaban J connectivity index is 1.98. The molecule has 0 saturated carbocycles. The van der Waals surface area contributed by atoms with Gasteiger partial charge in [-0.2, -0.15) is 11.8 Å². The van der Waals surface area contributed by atoms with Gasteiger partial charge in [0, 0.05) is 16.4 Å². The summed E-state index contributed by atoms with van der Waals surface area (Å²) in [5.74, 6) is 1.65. The van der Waals surface area contributed by atoms with Crippen LogP contribution >= 0.6 is 23.1 Å². The second-order valence-corrected chi connectivity index (χ2v) is 5.71. The van der Waals surface area contributed by atoms with Crippen molar-refractivity contribution in [2.45, 2.75) is 17.9 Å². The molecule has 16 heavy (non-hydrogen) atoms. The van der Waals surface area contributed by atoms with Gasteiger partial charge in [0.2, 0.25) is 0 Å². The summed E-state index contributed by atoms with van der Waals surface area (Å²) in [4.78, 5) is 4.48. The number of furan rings is 1. The molecule has 0 spiro atoms. The number of aliphatic hydroxyl groups excluding tert-OH is 1. The van der Waals surface area contributed by atoms with E-state index in [9.17, 15) is 0 Å². The topological polar surface area (TPSA) is 46.3 Å². The molecular formula is C11H13NO2S2. The molecule has 2 rings (SSSR count). The zero-order valence-corrected chi connectivity index (χ0v) is 10.6. The summed E-state index contributed by atoms with van der Waals surface area (Å²) >= 11 is 3.29. The minimum absolute atomic E-state index is 0.208. The molecule has 1 N–H and O–H groups in total. The van der Waals surface area contributed by atoms with Crippen LogP contribution in [0.4, 0.5) is 0 Å². The lowest BCUT2D eigenvalue weighted by atomic mass is 10.5. The second kappa shape index (κ2) is 5.52. The Labute approximate surface area is 103 Å². The molecule has 0 radical (unpaired) electrons. The Bertz CT molecular complexity index is 425. The van der Waals surface area contributed by atoms with Gasteiger partial charge in [0.15, 0.2) is 10.8 Å². The van der Waals surface area contributed by atoms with Crippen LogP contribution in [-0.2, 0) is 5.75 Å². The highest BCUT2D eigenvalue weighted by molar-refractivity contribution is 7.99. The molecule has 5 heteroatoms. The fraction of sp³-hybridized carbons (Fsp3) is 0.364. The highest BCUT2D eigenvalue weighted by Crippen LogP contribution is 2.26. The average molecular weight is 255 g/mol. The van der Waals surface area contributed by atoms with Gasteiger partial charge in [0.25, 0.3) is 0 Å². The second-order valence-electron chi connectivity index (χ2n) is 3.43. The summed E-state index contributed by atoms with van der Waals surface area (Å²) < 4.78 is 5.28. The zero-order chi connectivity index (χ0) is 11.4. The van der Waals surface area contributed by atoms with Crippen molar-refractivity contribution in [2.24, 2.45) is 0 Å². The number of nitrogens with zero attached hydrogens (tertiary/aromatic N) is 1. The van der Waals surface area contributed by atoms with Crippen LogP contribution in [0.15, 0.2) is 28.2 Å². The van der Waals surface area contributed by atoms with E-state index in [4.69, 9.17) is 9.52 Å². The van der Waals surface area contributed by atoms with Gasteiger partial charge in [-0.1, -0.05) is 6.92 Å². The molecule has 0 aliphatic heterocycles. The van der Waals surface area contributed by atoms with Crippen LogP contribution in [0.3, 0.4) is 0 Å². The van der Waals surface area contributed by atoms with E-state index in [0.29, 0.717) is 0 Å². The lowest BCUT2D eigenvalue weighted by Gasteiger charge is -2.04. The number of aromatic nitrogens is 1. The molecule has 2 aromatic heterocycles. The highest BCUT2D eigenvalue weighted by Gasteiger charge is 2.08. The predicted molar refractivity (Wildman–Crippen MR) is 67.7 cm³/mol. The van der Waals surface area contributed by atoms with Gasteiger partial charge >= 0.3 is 0 Å². The first kappa shape index (κ1) is 11.7. The van der Waals surface area contributed by atoms with E-state index in [1.54, 1.807) is 29.4 Å². The van der Waals surface area contributed by atoms with Gasteiger partial charge < -0.3 is 9.52 Å². The molecule has 0 amide bonds. The highest BCUT2D eigenvalue weighted by atomic mass is 32.2. The summed E-state index contributed by atoms with van der Waals surface area (Å²) in [6, 6.07) is 3.77. The lowest BCUT2D eigenvalue weighted by Crippen LogP contribution is -2.02. The first-order chi connectivity index (χ1) is 7.79. The van der Waals surface area contributed by atoms with Crippen molar-refractivity contribution in [1.29, 1.82) is 0 Å². The third-order valence-electron chi connectivity index (χ3n) is 2.06. The van der Waals surface area contributed by atoms with Crippen molar-refractivity contribution < 1.29 is 9.52 Å². The zero-order valence-electron chi connectivity index (χ0n) is 8.92. The van der Waals surface area contributed by atoms with Crippen LogP contribution in [0.1, 0.15) is 12.6 Å². The van der Waals surface area contributed by atoms with Crippen molar-refractivity contribution in [3.63, 3.8) is 0 Å². The molecule has 0 bridgehead atoms. The number of thioether (sulfide) groups is 1. The number of aliphatic hydroxyl groups is 1. The van der Waals surface area contributed by atoms with Crippen LogP contribution in [-0.4, -0.2) is 21.9 Å². The first-order valence-corrected chi connectivity index (χ1v) is 6.93. The van der Waals surface area contributed by atoms with E-state index < -0.39 is 0 Å². The van der Waals surface area contributed by atoms with Crippen LogP contribution < -0.4 is 0 Å². The average Bonchev–Trinajstić information content (AvgIpc) is 2.95. The molecule has 86 valence electrons. The normalized spacial score (nSPS) is 12.9. The van der Waals surface area contributed by atoms with Crippen LogP contribution in [0, 0.1) is 0 Å². The van der Waals surface area contributed by atoms with E-state index in [1.807, 2.05) is 24.4 Å². The maximum absolute atomic E-state index is 8.91. The van der Waals surface area contributed by atoms with Gasteiger partial charge in [0.1, 0.15) is 0 Å². The molecule has 2 heterocycles. The van der Waals surface area contributed by atoms with E-state index in [0.717, 1.165) is 22.2 Å². The van der Waals surface area contributed by atoms with E-state index in [1.165, 1.54) is 0 Å². The van der Waals surface area contributed by atoms with Crippen molar-refractivity contribution in [1.82, 2.24) is 4.98 Å². The third-order valence-corrected chi connectivity index (χ3v) is 4.14. The Kier molecular flexibility index (Phi) is 4.04. The van der Waals surface area contributed by atoms with Gasteiger partial charge in [-0.05, 0) is 12.1 Å². The van der Waals surface area contributed by atoms with Gasteiger partial charge in [-0.25, -0.2) is 4.98 Å². The fourth-order valence-corrected chi connectivity index (χ4v) is 2.77. The van der Waals surface area contributed by atoms with Crippen molar-refractivity contribution in [3.05, 3.63) is 29.5 Å².